The van der Waals surface area contributed by atoms with Crippen molar-refractivity contribution in [2.75, 3.05) is 13.2 Å². The zero-order valence-corrected chi connectivity index (χ0v) is 14.5. The summed E-state index contributed by atoms with van der Waals surface area (Å²) in [6, 6.07) is 6.12. The van der Waals surface area contributed by atoms with Crippen LogP contribution in [0.25, 0.3) is 0 Å². The van der Waals surface area contributed by atoms with Crippen molar-refractivity contribution in [3.8, 4) is 5.75 Å². The van der Waals surface area contributed by atoms with E-state index in [9.17, 15) is 9.90 Å². The maximum Gasteiger partial charge on any atom is 0.308 e. The smallest absolute Gasteiger partial charge is 0.308 e. The molecule has 1 saturated carbocycles. The first-order valence-electron chi connectivity index (χ1n) is 8.92. The van der Waals surface area contributed by atoms with Crippen molar-refractivity contribution in [2.24, 2.45) is 5.92 Å². The maximum absolute atomic E-state index is 11.8. The van der Waals surface area contributed by atoms with Crippen LogP contribution in [0.1, 0.15) is 49.8 Å². The first-order chi connectivity index (χ1) is 11.6. The van der Waals surface area contributed by atoms with Crippen molar-refractivity contribution >= 4 is 5.97 Å². The predicted molar refractivity (Wildman–Crippen MR) is 90.9 cm³/mol. The number of carbonyl (C=O) groups is 1. The van der Waals surface area contributed by atoms with E-state index in [0.717, 1.165) is 42.6 Å². The second-order valence-corrected chi connectivity index (χ2v) is 6.87. The van der Waals surface area contributed by atoms with E-state index < -0.39 is 6.10 Å². The van der Waals surface area contributed by atoms with Crippen LogP contribution in [0.5, 0.6) is 5.75 Å². The predicted octanol–water partition coefficient (Wildman–Crippen LogP) is 2.50. The van der Waals surface area contributed by atoms with Crippen molar-refractivity contribution in [2.45, 2.75) is 57.7 Å². The Bertz CT molecular complexity index is 581. The van der Waals surface area contributed by atoms with Gasteiger partial charge in [-0.15, -0.1) is 0 Å². The van der Waals surface area contributed by atoms with Crippen molar-refractivity contribution in [1.82, 2.24) is 5.32 Å². The summed E-state index contributed by atoms with van der Waals surface area (Å²) in [5, 5.41) is 14.2. The van der Waals surface area contributed by atoms with Crippen LogP contribution in [0.4, 0.5) is 0 Å². The molecular formula is C19H27NO4. The van der Waals surface area contributed by atoms with Crippen LogP contribution in [0.2, 0.25) is 0 Å². The fraction of sp³-hybridized carbons (Fsp3) is 0.632. The Morgan fingerprint density at radius 2 is 2.08 bits per heavy atom. The number of benzene rings is 1. The van der Waals surface area contributed by atoms with Gasteiger partial charge < -0.3 is 19.9 Å². The number of esters is 1. The highest BCUT2D eigenvalue weighted by Gasteiger charge is 2.33. The number of rotatable bonds is 4. The van der Waals surface area contributed by atoms with E-state index >= 15 is 0 Å². The molecule has 0 spiro atoms. The minimum absolute atomic E-state index is 0.0271. The van der Waals surface area contributed by atoms with E-state index in [1.807, 2.05) is 32.0 Å². The lowest BCUT2D eigenvalue weighted by Gasteiger charge is -2.36. The molecule has 1 heterocycles. The Kier molecular flexibility index (Phi) is 5.41. The lowest BCUT2D eigenvalue weighted by molar-refractivity contribution is -0.149. The van der Waals surface area contributed by atoms with E-state index in [-0.39, 0.29) is 17.9 Å². The zero-order chi connectivity index (χ0) is 17.1. The van der Waals surface area contributed by atoms with Gasteiger partial charge in [-0.25, -0.2) is 0 Å². The van der Waals surface area contributed by atoms with E-state index in [4.69, 9.17) is 9.47 Å². The fourth-order valence-electron chi connectivity index (χ4n) is 3.70. The normalized spacial score (nSPS) is 29.5. The molecule has 1 aromatic rings. The molecule has 0 saturated heterocycles. The van der Waals surface area contributed by atoms with Crippen LogP contribution in [-0.4, -0.2) is 36.4 Å². The number of aliphatic hydroxyl groups is 1. The quantitative estimate of drug-likeness (QED) is 0.829. The number of ether oxygens (including phenoxy) is 2. The summed E-state index contributed by atoms with van der Waals surface area (Å²) in [6.45, 7) is 4.77. The number of nitrogens with one attached hydrogen (secondary N) is 1. The topological polar surface area (TPSA) is 67.8 Å². The molecule has 0 aromatic heterocycles. The van der Waals surface area contributed by atoms with Crippen LogP contribution < -0.4 is 10.1 Å². The fourth-order valence-corrected chi connectivity index (χ4v) is 3.70. The van der Waals surface area contributed by atoms with Gasteiger partial charge in [0, 0.05) is 11.6 Å². The molecule has 0 bridgehead atoms. The molecule has 0 radical (unpaired) electrons. The highest BCUT2D eigenvalue weighted by Crippen LogP contribution is 2.34. The van der Waals surface area contributed by atoms with Crippen LogP contribution in [0.3, 0.4) is 0 Å². The number of carbonyl (C=O) groups excluding carboxylic acids is 1. The average Bonchev–Trinajstić information content (AvgIpc) is 2.58. The van der Waals surface area contributed by atoms with E-state index in [0.29, 0.717) is 19.3 Å². The highest BCUT2D eigenvalue weighted by atomic mass is 16.5. The molecule has 1 aromatic carbocycles. The third-order valence-electron chi connectivity index (χ3n) is 5.08. The second-order valence-electron chi connectivity index (χ2n) is 6.87. The van der Waals surface area contributed by atoms with E-state index in [1.54, 1.807) is 0 Å². The first-order valence-corrected chi connectivity index (χ1v) is 8.92. The van der Waals surface area contributed by atoms with Crippen LogP contribution >= 0.6 is 0 Å². The summed E-state index contributed by atoms with van der Waals surface area (Å²) in [5.74, 6) is 0.743. The summed E-state index contributed by atoms with van der Waals surface area (Å²) in [5.41, 5.74) is 1.98. The molecule has 1 fully saturated rings. The summed E-state index contributed by atoms with van der Waals surface area (Å²) in [6.07, 6.45) is 2.98. The maximum atomic E-state index is 11.8. The van der Waals surface area contributed by atoms with Gasteiger partial charge in [0.05, 0.1) is 18.6 Å². The summed E-state index contributed by atoms with van der Waals surface area (Å²) >= 11 is 0. The van der Waals surface area contributed by atoms with Gasteiger partial charge in [-0.05, 0) is 51.2 Å². The van der Waals surface area contributed by atoms with Crippen LogP contribution in [0, 0.1) is 12.8 Å². The molecule has 2 atom stereocenters. The summed E-state index contributed by atoms with van der Waals surface area (Å²) < 4.78 is 10.9. The Morgan fingerprint density at radius 3 is 2.79 bits per heavy atom. The molecule has 5 heteroatoms. The minimum Gasteiger partial charge on any atom is -0.491 e. The van der Waals surface area contributed by atoms with Gasteiger partial charge >= 0.3 is 5.97 Å². The number of hydrogen-bond acceptors (Lipinski definition) is 5. The minimum atomic E-state index is -0.558. The Hall–Kier alpha value is -1.59. The zero-order valence-electron chi connectivity index (χ0n) is 14.5. The molecular weight excluding hydrogens is 306 g/mol. The second kappa shape index (κ2) is 7.53. The SMILES string of the molecule is CCOC(=O)C1CCC(NC2COc3cc(C)ccc3C2O)CC1. The first kappa shape index (κ1) is 17.2. The molecule has 132 valence electrons. The van der Waals surface area contributed by atoms with Crippen molar-refractivity contribution in [3.63, 3.8) is 0 Å². The summed E-state index contributed by atoms with van der Waals surface area (Å²) in [4.78, 5) is 11.8. The third kappa shape index (κ3) is 3.73. The molecule has 2 aliphatic rings. The van der Waals surface area contributed by atoms with Gasteiger partial charge in [0.2, 0.25) is 0 Å². The van der Waals surface area contributed by atoms with Crippen molar-refractivity contribution < 1.29 is 19.4 Å². The van der Waals surface area contributed by atoms with Crippen LogP contribution in [-0.2, 0) is 9.53 Å². The average molecular weight is 333 g/mol. The molecule has 5 nitrogen and oxygen atoms in total. The van der Waals surface area contributed by atoms with E-state index in [1.165, 1.54) is 0 Å². The number of hydrogen-bond donors (Lipinski definition) is 2. The van der Waals surface area contributed by atoms with Crippen molar-refractivity contribution in [3.05, 3.63) is 29.3 Å². The molecule has 2 N–H and O–H groups in total. The Labute approximate surface area is 143 Å². The lowest BCUT2D eigenvalue weighted by atomic mass is 9.85. The number of fused-ring (bicyclic) bond motifs is 1. The Balaban J connectivity index is 1.54. The molecule has 0 amide bonds. The third-order valence-corrected chi connectivity index (χ3v) is 5.08. The van der Waals surface area contributed by atoms with E-state index in [2.05, 4.69) is 5.32 Å². The van der Waals surface area contributed by atoms with Gasteiger partial charge in [-0.1, -0.05) is 12.1 Å². The summed E-state index contributed by atoms with van der Waals surface area (Å²) in [7, 11) is 0. The lowest BCUT2D eigenvalue weighted by Crippen LogP contribution is -2.48. The largest absolute Gasteiger partial charge is 0.491 e. The standard InChI is InChI=1S/C19H27NO4/c1-3-23-19(22)13-5-7-14(8-6-13)20-16-11-24-17-10-12(2)4-9-15(17)18(16)21/h4,9-10,13-14,16,18,20-21H,3,5-8,11H2,1-2H3. The van der Waals surface area contributed by atoms with Gasteiger partial charge in [-0.2, -0.15) is 0 Å². The molecule has 3 rings (SSSR count). The van der Waals surface area contributed by atoms with Gasteiger partial charge in [0.25, 0.3) is 0 Å². The van der Waals surface area contributed by atoms with Gasteiger partial charge in [-0.3, -0.25) is 4.79 Å². The van der Waals surface area contributed by atoms with Crippen LogP contribution in [0.15, 0.2) is 18.2 Å². The Morgan fingerprint density at radius 1 is 1.33 bits per heavy atom. The molecule has 24 heavy (non-hydrogen) atoms. The monoisotopic (exact) mass is 333 g/mol. The molecule has 1 aliphatic heterocycles. The van der Waals surface area contributed by atoms with Gasteiger partial charge in [0.1, 0.15) is 18.5 Å². The van der Waals surface area contributed by atoms with Gasteiger partial charge in [0.15, 0.2) is 0 Å². The molecule has 2 unspecified atom stereocenters. The highest BCUT2D eigenvalue weighted by molar-refractivity contribution is 5.72. The number of aliphatic hydroxyl groups excluding tert-OH is 1. The number of aryl methyl sites for hydroxylation is 1. The molecule has 1 aliphatic carbocycles. The van der Waals surface area contributed by atoms with Crippen molar-refractivity contribution in [1.29, 1.82) is 0 Å².